The van der Waals surface area contributed by atoms with Gasteiger partial charge in [-0.15, -0.1) is 0 Å². The van der Waals surface area contributed by atoms with Gasteiger partial charge in [-0.2, -0.15) is 0 Å². The van der Waals surface area contributed by atoms with E-state index in [0.717, 1.165) is 24.3 Å². The number of nitrogens with one attached hydrogen (secondary N) is 1. The van der Waals surface area contributed by atoms with Gasteiger partial charge < -0.3 is 15.2 Å². The van der Waals surface area contributed by atoms with E-state index in [1.165, 1.54) is 0 Å². The van der Waals surface area contributed by atoms with Crippen LogP contribution in [0.4, 0.5) is 0 Å². The second kappa shape index (κ2) is 3.98. The zero-order valence-corrected chi connectivity index (χ0v) is 8.29. The van der Waals surface area contributed by atoms with Crippen LogP contribution in [0.25, 0.3) is 0 Å². The quantitative estimate of drug-likeness (QED) is 0.707. The lowest BCUT2D eigenvalue weighted by Gasteiger charge is -2.24. The van der Waals surface area contributed by atoms with Crippen molar-refractivity contribution < 1.29 is 9.84 Å². The first kappa shape index (κ1) is 9.49. The summed E-state index contributed by atoms with van der Waals surface area (Å²) >= 11 is 0. The van der Waals surface area contributed by atoms with Crippen LogP contribution in [0.1, 0.15) is 17.2 Å². The van der Waals surface area contributed by atoms with Gasteiger partial charge in [0.25, 0.3) is 0 Å². The fourth-order valence-corrected chi connectivity index (χ4v) is 1.71. The number of hydrogen-bond acceptors (Lipinski definition) is 3. The molecule has 1 fully saturated rings. The predicted octanol–water partition coefficient (Wildman–Crippen LogP) is 1.36. The highest BCUT2D eigenvalue weighted by Crippen LogP contribution is 2.26. The Labute approximate surface area is 83.7 Å². The molecule has 1 heterocycles. The van der Waals surface area contributed by atoms with Crippen molar-refractivity contribution in [2.24, 2.45) is 0 Å². The summed E-state index contributed by atoms with van der Waals surface area (Å²) in [7, 11) is 0. The first-order valence-corrected chi connectivity index (χ1v) is 4.88. The normalized spacial score (nSPS) is 22.2. The molecule has 3 nitrogen and oxygen atoms in total. The molecule has 0 unspecified atom stereocenters. The van der Waals surface area contributed by atoms with E-state index in [1.54, 1.807) is 6.07 Å². The van der Waals surface area contributed by atoms with Gasteiger partial charge in [0, 0.05) is 12.1 Å². The van der Waals surface area contributed by atoms with E-state index in [0.29, 0.717) is 12.4 Å². The lowest BCUT2D eigenvalue weighted by molar-refractivity contribution is 0.0761. The Morgan fingerprint density at radius 2 is 2.36 bits per heavy atom. The molecule has 3 heteroatoms. The van der Waals surface area contributed by atoms with Crippen LogP contribution in [0.2, 0.25) is 0 Å². The highest BCUT2D eigenvalue weighted by atomic mass is 16.5. The number of aryl methyl sites for hydroxylation is 1. The predicted molar refractivity (Wildman–Crippen MR) is 54.4 cm³/mol. The van der Waals surface area contributed by atoms with E-state index in [9.17, 15) is 5.11 Å². The van der Waals surface area contributed by atoms with E-state index in [4.69, 9.17) is 4.74 Å². The molecular weight excluding hydrogens is 178 g/mol. The fraction of sp³-hybridized carbons (Fsp3) is 0.455. The molecule has 2 rings (SSSR count). The molecular formula is C11H15NO2. The van der Waals surface area contributed by atoms with Gasteiger partial charge in [0.15, 0.2) is 0 Å². The number of morpholine rings is 1. The summed E-state index contributed by atoms with van der Waals surface area (Å²) < 4.78 is 5.35. The van der Waals surface area contributed by atoms with Crippen molar-refractivity contribution in [3.8, 4) is 5.75 Å². The summed E-state index contributed by atoms with van der Waals surface area (Å²) in [6, 6.07) is 5.87. The number of rotatable bonds is 1. The number of ether oxygens (including phenoxy) is 1. The van der Waals surface area contributed by atoms with Gasteiger partial charge in [-0.05, 0) is 18.6 Å². The highest BCUT2D eigenvalue weighted by molar-refractivity contribution is 5.38. The third kappa shape index (κ3) is 1.89. The van der Waals surface area contributed by atoms with Gasteiger partial charge in [-0.25, -0.2) is 0 Å². The van der Waals surface area contributed by atoms with Crippen molar-refractivity contribution >= 4 is 0 Å². The molecule has 14 heavy (non-hydrogen) atoms. The van der Waals surface area contributed by atoms with E-state index < -0.39 is 0 Å². The van der Waals surface area contributed by atoms with E-state index in [1.807, 2.05) is 19.1 Å². The Hall–Kier alpha value is -1.06. The fourth-order valence-electron chi connectivity index (χ4n) is 1.71. The molecule has 1 aliphatic rings. The highest BCUT2D eigenvalue weighted by Gasteiger charge is 2.17. The van der Waals surface area contributed by atoms with Crippen LogP contribution in [0, 0.1) is 6.92 Å². The van der Waals surface area contributed by atoms with Crippen LogP contribution in [0.5, 0.6) is 5.75 Å². The summed E-state index contributed by atoms with van der Waals surface area (Å²) in [5.74, 6) is 0.355. The Balaban J connectivity index is 2.22. The number of aromatic hydroxyl groups is 1. The van der Waals surface area contributed by atoms with Crippen LogP contribution >= 0.6 is 0 Å². The minimum atomic E-state index is 0.129. The number of phenolic OH excluding ortho intramolecular Hbond substituents is 1. The van der Waals surface area contributed by atoms with Crippen molar-refractivity contribution in [3.63, 3.8) is 0 Å². The lowest BCUT2D eigenvalue weighted by atomic mass is 10.0. The van der Waals surface area contributed by atoms with E-state index >= 15 is 0 Å². The zero-order valence-electron chi connectivity index (χ0n) is 8.29. The maximum absolute atomic E-state index is 9.75. The topological polar surface area (TPSA) is 41.5 Å². The molecule has 0 bridgehead atoms. The average molecular weight is 193 g/mol. The molecule has 0 amide bonds. The Kier molecular flexibility index (Phi) is 2.70. The summed E-state index contributed by atoms with van der Waals surface area (Å²) in [5, 5.41) is 13.1. The first-order valence-electron chi connectivity index (χ1n) is 4.88. The summed E-state index contributed by atoms with van der Waals surface area (Å²) in [4.78, 5) is 0. The van der Waals surface area contributed by atoms with Crippen LogP contribution in [-0.4, -0.2) is 24.9 Å². The second-order valence-electron chi connectivity index (χ2n) is 3.64. The summed E-state index contributed by atoms with van der Waals surface area (Å²) in [6.07, 6.45) is 0. The molecule has 0 radical (unpaired) electrons. The Bertz CT molecular complexity index is 319. The molecule has 1 saturated heterocycles. The van der Waals surface area contributed by atoms with Gasteiger partial charge in [-0.3, -0.25) is 0 Å². The van der Waals surface area contributed by atoms with Gasteiger partial charge in [0.1, 0.15) is 5.75 Å². The van der Waals surface area contributed by atoms with E-state index in [-0.39, 0.29) is 6.04 Å². The number of hydrogen-bond donors (Lipinski definition) is 2. The molecule has 76 valence electrons. The van der Waals surface area contributed by atoms with Crippen LogP contribution in [0.3, 0.4) is 0 Å². The van der Waals surface area contributed by atoms with E-state index in [2.05, 4.69) is 5.32 Å². The average Bonchev–Trinajstić information content (AvgIpc) is 2.19. The van der Waals surface area contributed by atoms with Crippen molar-refractivity contribution in [2.75, 3.05) is 19.8 Å². The largest absolute Gasteiger partial charge is 0.508 e. The SMILES string of the molecule is Cc1ccc([C@@H]2COCCN2)c(O)c1. The molecule has 1 atom stereocenters. The lowest BCUT2D eigenvalue weighted by Crippen LogP contribution is -2.34. The number of phenols is 1. The molecule has 1 aliphatic heterocycles. The molecule has 0 aromatic heterocycles. The van der Waals surface area contributed by atoms with Gasteiger partial charge >= 0.3 is 0 Å². The second-order valence-corrected chi connectivity index (χ2v) is 3.64. The van der Waals surface area contributed by atoms with Gasteiger partial charge in [-0.1, -0.05) is 12.1 Å². The maximum atomic E-state index is 9.75. The summed E-state index contributed by atoms with van der Waals surface area (Å²) in [5.41, 5.74) is 2.00. The van der Waals surface area contributed by atoms with Gasteiger partial charge in [0.2, 0.25) is 0 Å². The van der Waals surface area contributed by atoms with Crippen molar-refractivity contribution in [2.45, 2.75) is 13.0 Å². The third-order valence-electron chi connectivity index (χ3n) is 2.48. The van der Waals surface area contributed by atoms with Crippen LogP contribution < -0.4 is 5.32 Å². The zero-order chi connectivity index (χ0) is 9.97. The third-order valence-corrected chi connectivity index (χ3v) is 2.48. The molecule has 2 N–H and O–H groups in total. The minimum absolute atomic E-state index is 0.129. The van der Waals surface area contributed by atoms with Crippen molar-refractivity contribution in [3.05, 3.63) is 29.3 Å². The van der Waals surface area contributed by atoms with Crippen LogP contribution in [-0.2, 0) is 4.74 Å². The van der Waals surface area contributed by atoms with Gasteiger partial charge in [0.05, 0.1) is 19.3 Å². The molecule has 0 spiro atoms. The minimum Gasteiger partial charge on any atom is -0.508 e. The number of benzene rings is 1. The Morgan fingerprint density at radius 3 is 3.00 bits per heavy atom. The molecule has 0 saturated carbocycles. The first-order chi connectivity index (χ1) is 6.77. The standard InChI is InChI=1S/C11H15NO2/c1-8-2-3-9(11(13)6-8)10-7-14-5-4-12-10/h2-3,6,10,12-13H,4-5,7H2,1H3/t10-/m0/s1. The Morgan fingerprint density at radius 1 is 1.50 bits per heavy atom. The molecule has 1 aromatic carbocycles. The molecule has 1 aromatic rings. The van der Waals surface area contributed by atoms with Crippen molar-refractivity contribution in [1.29, 1.82) is 0 Å². The monoisotopic (exact) mass is 193 g/mol. The summed E-state index contributed by atoms with van der Waals surface area (Å²) in [6.45, 7) is 4.20. The molecule has 0 aliphatic carbocycles. The van der Waals surface area contributed by atoms with Crippen LogP contribution in [0.15, 0.2) is 18.2 Å². The maximum Gasteiger partial charge on any atom is 0.120 e. The smallest absolute Gasteiger partial charge is 0.120 e. The van der Waals surface area contributed by atoms with Crippen molar-refractivity contribution in [1.82, 2.24) is 5.32 Å².